The minimum Gasteiger partial charge on any atom is -0.390 e. The number of fused-ring (bicyclic) bond motifs is 1. The first kappa shape index (κ1) is 19.5. The molecule has 1 aliphatic carbocycles. The lowest BCUT2D eigenvalue weighted by molar-refractivity contribution is -0.137. The average molecular weight is 401 g/mol. The third-order valence-electron chi connectivity index (χ3n) is 4.34. The molecule has 5 nitrogen and oxygen atoms in total. The van der Waals surface area contributed by atoms with Crippen molar-refractivity contribution in [1.82, 2.24) is 0 Å². The van der Waals surface area contributed by atoms with Crippen molar-refractivity contribution in [1.29, 1.82) is 0 Å². The fraction of sp³-hybridized carbons (Fsp3) is 0.278. The molecule has 0 saturated heterocycles. The maximum absolute atomic E-state index is 12.9. The van der Waals surface area contributed by atoms with Gasteiger partial charge in [-0.15, -0.1) is 0 Å². The van der Waals surface area contributed by atoms with Crippen molar-refractivity contribution in [3.63, 3.8) is 0 Å². The zero-order valence-corrected chi connectivity index (χ0v) is 14.6. The van der Waals surface area contributed by atoms with Crippen LogP contribution in [0.15, 0.2) is 36.4 Å². The number of urea groups is 1. The maximum Gasteiger partial charge on any atom is 0.417 e. The van der Waals surface area contributed by atoms with Crippen LogP contribution in [0, 0.1) is 0 Å². The number of carbonyl (C=O) groups excluding carboxylic acids is 1. The molecule has 2 amide bonds. The molecule has 0 spiro atoms. The first-order valence-electron chi connectivity index (χ1n) is 8.07. The van der Waals surface area contributed by atoms with Crippen LogP contribution in [0.4, 0.5) is 29.3 Å². The smallest absolute Gasteiger partial charge is 0.390 e. The summed E-state index contributed by atoms with van der Waals surface area (Å²) in [6.07, 6.45) is -6.06. The van der Waals surface area contributed by atoms with Crippen LogP contribution in [-0.4, -0.2) is 28.5 Å². The Balaban J connectivity index is 1.77. The highest BCUT2D eigenvalue weighted by Gasteiger charge is 2.33. The molecule has 2 aromatic carbocycles. The molecule has 4 N–H and O–H groups in total. The average Bonchev–Trinajstić information content (AvgIpc) is 2.57. The normalized spacial score (nSPS) is 19.3. The van der Waals surface area contributed by atoms with Gasteiger partial charge in [0, 0.05) is 24.2 Å². The monoisotopic (exact) mass is 400 g/mol. The van der Waals surface area contributed by atoms with Crippen LogP contribution in [0.25, 0.3) is 0 Å². The fourth-order valence-corrected chi connectivity index (χ4v) is 3.22. The molecule has 2 unspecified atom stereocenters. The first-order valence-corrected chi connectivity index (χ1v) is 8.44. The second kappa shape index (κ2) is 7.38. The van der Waals surface area contributed by atoms with Gasteiger partial charge >= 0.3 is 12.2 Å². The number of aliphatic hydroxyl groups is 2. The molecule has 1 aliphatic rings. The Morgan fingerprint density at radius 1 is 1.07 bits per heavy atom. The van der Waals surface area contributed by atoms with Gasteiger partial charge in [0.1, 0.15) is 0 Å². The van der Waals surface area contributed by atoms with Gasteiger partial charge in [0.2, 0.25) is 0 Å². The Hall–Kier alpha value is -2.29. The van der Waals surface area contributed by atoms with Gasteiger partial charge < -0.3 is 20.8 Å². The second-order valence-corrected chi connectivity index (χ2v) is 6.66. The first-order chi connectivity index (χ1) is 12.6. The van der Waals surface area contributed by atoms with Crippen molar-refractivity contribution >= 4 is 29.0 Å². The van der Waals surface area contributed by atoms with E-state index in [2.05, 4.69) is 10.6 Å². The molecule has 0 heterocycles. The van der Waals surface area contributed by atoms with Gasteiger partial charge in [0.15, 0.2) is 0 Å². The van der Waals surface area contributed by atoms with E-state index < -0.39 is 35.0 Å². The number of halogens is 4. The van der Waals surface area contributed by atoms with Crippen molar-refractivity contribution < 1.29 is 28.2 Å². The fourth-order valence-electron chi connectivity index (χ4n) is 3.00. The number of hydrogen-bond donors (Lipinski definition) is 4. The van der Waals surface area contributed by atoms with Crippen LogP contribution in [0.1, 0.15) is 16.7 Å². The summed E-state index contributed by atoms with van der Waals surface area (Å²) in [5.74, 6) is 0. The minimum absolute atomic E-state index is 0.0653. The van der Waals surface area contributed by atoms with Gasteiger partial charge in [0.25, 0.3) is 0 Å². The summed E-state index contributed by atoms with van der Waals surface area (Å²) in [6.45, 7) is 0. The lowest BCUT2D eigenvalue weighted by atomic mass is 9.87. The standard InChI is InChI=1S/C18H16ClF3N2O3/c19-13-5-4-10(7-12(13)18(20,21)22)23-17(27)24-14-3-1-2-9-6-15(25)16(26)8-11(9)14/h1-5,7,15-16,25-26H,6,8H2,(H2,23,24,27). The Morgan fingerprint density at radius 2 is 1.78 bits per heavy atom. The Bertz CT molecular complexity index is 873. The summed E-state index contributed by atoms with van der Waals surface area (Å²) in [4.78, 5) is 12.2. The van der Waals surface area contributed by atoms with Gasteiger partial charge in [-0.2, -0.15) is 13.2 Å². The van der Waals surface area contributed by atoms with E-state index in [-0.39, 0.29) is 18.5 Å². The van der Waals surface area contributed by atoms with E-state index >= 15 is 0 Å². The summed E-state index contributed by atoms with van der Waals surface area (Å²) >= 11 is 5.56. The van der Waals surface area contributed by atoms with Crippen molar-refractivity contribution in [2.45, 2.75) is 31.2 Å². The summed E-state index contributed by atoms with van der Waals surface area (Å²) in [6, 6.07) is 7.42. The van der Waals surface area contributed by atoms with E-state index in [0.717, 1.165) is 17.7 Å². The Morgan fingerprint density at radius 3 is 2.48 bits per heavy atom. The van der Waals surface area contributed by atoms with Gasteiger partial charge in [-0.3, -0.25) is 0 Å². The number of carbonyl (C=O) groups is 1. The number of anilines is 2. The lowest BCUT2D eigenvalue weighted by Crippen LogP contribution is -2.35. The Kier molecular flexibility index (Phi) is 5.32. The molecular formula is C18H16ClF3N2O3. The number of amides is 2. The number of alkyl halides is 3. The lowest BCUT2D eigenvalue weighted by Gasteiger charge is -2.27. The van der Waals surface area contributed by atoms with Crippen LogP contribution < -0.4 is 10.6 Å². The number of benzene rings is 2. The zero-order chi connectivity index (χ0) is 19.8. The van der Waals surface area contributed by atoms with Gasteiger partial charge in [-0.25, -0.2) is 4.79 Å². The van der Waals surface area contributed by atoms with E-state index in [1.165, 1.54) is 6.07 Å². The topological polar surface area (TPSA) is 81.6 Å². The third-order valence-corrected chi connectivity index (χ3v) is 4.67. The molecule has 2 aromatic rings. The van der Waals surface area contributed by atoms with E-state index in [0.29, 0.717) is 11.3 Å². The Labute approximate surface area is 157 Å². The van der Waals surface area contributed by atoms with E-state index in [4.69, 9.17) is 11.6 Å². The summed E-state index contributed by atoms with van der Waals surface area (Å²) < 4.78 is 38.7. The van der Waals surface area contributed by atoms with Crippen molar-refractivity contribution in [3.8, 4) is 0 Å². The van der Waals surface area contributed by atoms with Crippen LogP contribution >= 0.6 is 11.6 Å². The largest absolute Gasteiger partial charge is 0.417 e. The highest BCUT2D eigenvalue weighted by atomic mass is 35.5. The van der Waals surface area contributed by atoms with Crippen molar-refractivity contribution in [2.75, 3.05) is 10.6 Å². The highest BCUT2D eigenvalue weighted by molar-refractivity contribution is 6.31. The summed E-state index contributed by atoms with van der Waals surface area (Å²) in [7, 11) is 0. The molecule has 0 saturated carbocycles. The highest BCUT2D eigenvalue weighted by Crippen LogP contribution is 2.36. The molecular weight excluding hydrogens is 385 g/mol. The van der Waals surface area contributed by atoms with Gasteiger partial charge in [0.05, 0.1) is 22.8 Å². The number of aliphatic hydroxyl groups excluding tert-OH is 2. The van der Waals surface area contributed by atoms with E-state index in [9.17, 15) is 28.2 Å². The molecule has 0 aromatic heterocycles. The van der Waals surface area contributed by atoms with Crippen molar-refractivity contribution in [2.24, 2.45) is 0 Å². The molecule has 144 valence electrons. The molecule has 27 heavy (non-hydrogen) atoms. The van der Waals surface area contributed by atoms with Gasteiger partial charge in [-0.1, -0.05) is 23.7 Å². The molecule has 9 heteroatoms. The van der Waals surface area contributed by atoms with Crippen LogP contribution in [0.3, 0.4) is 0 Å². The molecule has 0 fully saturated rings. The third kappa shape index (κ3) is 4.35. The number of nitrogens with one attached hydrogen (secondary N) is 2. The number of rotatable bonds is 2. The summed E-state index contributed by atoms with van der Waals surface area (Å²) in [5.41, 5.74) is 0.774. The molecule has 0 bridgehead atoms. The molecule has 2 atom stereocenters. The van der Waals surface area contributed by atoms with Crippen LogP contribution in [0.2, 0.25) is 5.02 Å². The molecule has 0 radical (unpaired) electrons. The minimum atomic E-state index is -4.64. The van der Waals surface area contributed by atoms with Gasteiger partial charge in [-0.05, 0) is 35.4 Å². The molecule has 0 aliphatic heterocycles. The predicted molar refractivity (Wildman–Crippen MR) is 95.0 cm³/mol. The van der Waals surface area contributed by atoms with Crippen LogP contribution in [-0.2, 0) is 19.0 Å². The van der Waals surface area contributed by atoms with Crippen LogP contribution in [0.5, 0.6) is 0 Å². The van der Waals surface area contributed by atoms with Crippen molar-refractivity contribution in [3.05, 3.63) is 58.1 Å². The van der Waals surface area contributed by atoms with E-state index in [1.807, 2.05) is 0 Å². The number of hydrogen-bond acceptors (Lipinski definition) is 3. The second-order valence-electron chi connectivity index (χ2n) is 6.26. The maximum atomic E-state index is 12.9. The predicted octanol–water partition coefficient (Wildman–Crippen LogP) is 3.82. The zero-order valence-electron chi connectivity index (χ0n) is 13.8. The SMILES string of the molecule is O=C(Nc1ccc(Cl)c(C(F)(F)F)c1)Nc1cccc2c1CC(O)C(O)C2. The quantitative estimate of drug-likeness (QED) is 0.618. The molecule has 3 rings (SSSR count). The summed E-state index contributed by atoms with van der Waals surface area (Å²) in [5, 5.41) is 24.1. The van der Waals surface area contributed by atoms with E-state index in [1.54, 1.807) is 18.2 Å².